The van der Waals surface area contributed by atoms with Crippen LogP contribution in [0.4, 0.5) is 0 Å². The summed E-state index contributed by atoms with van der Waals surface area (Å²) in [6.07, 6.45) is 2.49. The van der Waals surface area contributed by atoms with E-state index in [1.807, 2.05) is 0 Å². The molecule has 2 N–H and O–H groups in total. The van der Waals surface area contributed by atoms with E-state index < -0.39 is 60.0 Å². The number of benzene rings is 1. The Morgan fingerprint density at radius 2 is 1.82 bits per heavy atom. The first-order valence-corrected chi connectivity index (χ1v) is 16.1. The second-order valence-corrected chi connectivity index (χ2v) is 14.8. The zero-order valence-electron chi connectivity index (χ0n) is 26.8. The Kier molecular flexibility index (Phi) is 7.83. The second-order valence-electron chi connectivity index (χ2n) is 14.8. The van der Waals surface area contributed by atoms with E-state index in [1.165, 1.54) is 18.2 Å². The smallest absolute Gasteiger partial charge is 0.404 e. The fourth-order valence-electron chi connectivity index (χ4n) is 8.37. The zero-order valence-corrected chi connectivity index (χ0v) is 26.8. The highest BCUT2D eigenvalue weighted by Gasteiger charge is 2.68. The summed E-state index contributed by atoms with van der Waals surface area (Å²) >= 11 is 0. The summed E-state index contributed by atoms with van der Waals surface area (Å²) in [7, 11) is -0.594. The normalized spacial score (nSPS) is 31.3. The molecule has 6 aliphatic rings. The number of nitrogens with one attached hydrogen (secondary N) is 2. The van der Waals surface area contributed by atoms with Crippen LogP contribution in [-0.2, 0) is 23.7 Å². The number of piperidine rings is 1. The van der Waals surface area contributed by atoms with Crippen molar-refractivity contribution >= 4 is 42.4 Å². The van der Waals surface area contributed by atoms with Crippen molar-refractivity contribution in [2.24, 2.45) is 29.1 Å². The largest absolute Gasteiger partial charge is 0.481 e. The van der Waals surface area contributed by atoms with Gasteiger partial charge in [0, 0.05) is 24.3 Å². The molecule has 5 fully saturated rings. The summed E-state index contributed by atoms with van der Waals surface area (Å²) in [5, 5.41) is 5.28. The molecule has 0 radical (unpaired) electrons. The van der Waals surface area contributed by atoms with Crippen LogP contribution in [0.5, 0.6) is 0 Å². The van der Waals surface area contributed by atoms with Gasteiger partial charge in [0.25, 0.3) is 11.8 Å². The van der Waals surface area contributed by atoms with Gasteiger partial charge in [0.2, 0.25) is 17.7 Å². The maximum atomic E-state index is 13.6. The van der Waals surface area contributed by atoms with E-state index in [9.17, 15) is 28.8 Å². The molecule has 2 saturated heterocycles. The fourth-order valence-corrected chi connectivity index (χ4v) is 8.37. The molecule has 240 valence electrons. The molecule has 12 heteroatoms. The lowest BCUT2D eigenvalue weighted by atomic mass is 9.43. The standard InChI is InChI=1S/C33H42BN3O8/c1-16(2)12-25(34-44-24-15-18-14-23(32(18,4)5)33(24,6)45-34)35-28(40)17(3)13-22(38)19-8-7-9-20-27(19)31(43)37(30(20)42)21-10-11-26(39)36-29(21)41/h7-9,16-18,21,23-25H,10-15H2,1-6H3,(H,35,40)(H,36,39,41)/t17-,18+,21?,23+,24-,25+,33+/m1/s1. The molecule has 7 rings (SSSR count). The van der Waals surface area contributed by atoms with Crippen molar-refractivity contribution in [3.63, 3.8) is 0 Å². The average molecular weight is 620 g/mol. The van der Waals surface area contributed by atoms with Crippen molar-refractivity contribution in [2.45, 2.75) is 104 Å². The van der Waals surface area contributed by atoms with Crippen molar-refractivity contribution in [1.29, 1.82) is 0 Å². The van der Waals surface area contributed by atoms with Crippen molar-refractivity contribution in [3.8, 4) is 0 Å². The molecule has 1 unspecified atom stereocenters. The Balaban J connectivity index is 1.14. The molecule has 5 amide bonds. The minimum Gasteiger partial charge on any atom is -0.404 e. The lowest BCUT2D eigenvalue weighted by Crippen LogP contribution is -2.65. The third-order valence-corrected chi connectivity index (χ3v) is 11.1. The van der Waals surface area contributed by atoms with Gasteiger partial charge in [0.05, 0.1) is 28.8 Å². The van der Waals surface area contributed by atoms with Crippen LogP contribution >= 0.6 is 0 Å². The number of carbonyl (C=O) groups is 6. The molecule has 3 aliphatic carbocycles. The first kappa shape index (κ1) is 31.6. The quantitative estimate of drug-likeness (QED) is 0.244. The van der Waals surface area contributed by atoms with Gasteiger partial charge in [-0.3, -0.25) is 39.0 Å². The summed E-state index contributed by atoms with van der Waals surface area (Å²) in [6, 6.07) is 3.27. The van der Waals surface area contributed by atoms with Crippen LogP contribution in [0.15, 0.2) is 18.2 Å². The highest BCUT2D eigenvalue weighted by atomic mass is 16.7. The first-order valence-electron chi connectivity index (χ1n) is 16.1. The van der Waals surface area contributed by atoms with Gasteiger partial charge >= 0.3 is 7.12 Å². The van der Waals surface area contributed by atoms with Crippen LogP contribution in [0.2, 0.25) is 0 Å². The third-order valence-electron chi connectivity index (χ3n) is 11.1. The number of fused-ring (bicyclic) bond motifs is 1. The first-order chi connectivity index (χ1) is 21.1. The predicted octanol–water partition coefficient (Wildman–Crippen LogP) is 3.10. The van der Waals surface area contributed by atoms with Gasteiger partial charge in [-0.25, -0.2) is 0 Å². The van der Waals surface area contributed by atoms with E-state index in [2.05, 4.69) is 45.3 Å². The number of Topliss-reactive ketones (excluding diaryl/α,β-unsaturated/α-hetero) is 1. The van der Waals surface area contributed by atoms with E-state index in [0.29, 0.717) is 18.3 Å². The summed E-state index contributed by atoms with van der Waals surface area (Å²) in [5.41, 5.74) is -0.245. The Labute approximate surface area is 263 Å². The molecule has 0 spiro atoms. The summed E-state index contributed by atoms with van der Waals surface area (Å²) in [4.78, 5) is 78.6. The van der Waals surface area contributed by atoms with Crippen LogP contribution in [0, 0.1) is 29.1 Å². The van der Waals surface area contributed by atoms with Crippen LogP contribution in [-0.4, -0.2) is 71.0 Å². The molecule has 7 atom stereocenters. The van der Waals surface area contributed by atoms with Crippen molar-refractivity contribution in [2.75, 3.05) is 0 Å². The molecule has 3 saturated carbocycles. The fraction of sp³-hybridized carbons (Fsp3) is 0.636. The van der Waals surface area contributed by atoms with Crippen LogP contribution in [0.1, 0.15) is 111 Å². The topological polar surface area (TPSA) is 148 Å². The van der Waals surface area contributed by atoms with E-state index in [0.717, 1.165) is 17.7 Å². The molecule has 3 heterocycles. The highest BCUT2D eigenvalue weighted by molar-refractivity contribution is 6.48. The number of amides is 5. The second kappa shape index (κ2) is 11.2. The van der Waals surface area contributed by atoms with Gasteiger partial charge in [0.1, 0.15) is 6.04 Å². The predicted molar refractivity (Wildman–Crippen MR) is 163 cm³/mol. The van der Waals surface area contributed by atoms with Crippen molar-refractivity contribution < 1.29 is 38.1 Å². The van der Waals surface area contributed by atoms with Gasteiger partial charge in [-0.1, -0.05) is 46.8 Å². The Morgan fingerprint density at radius 1 is 1.09 bits per heavy atom. The van der Waals surface area contributed by atoms with E-state index >= 15 is 0 Å². The SMILES string of the molecule is CC(C)C[C@H](NC(=O)[C@H](C)CC(=O)c1cccc2c1C(=O)N(C1CCC(=O)NC1=O)C2=O)B1O[C@@H]2C[C@@H]3C[C@@H](C3(C)C)[C@]2(C)O1. The zero-order chi connectivity index (χ0) is 32.6. The third kappa shape index (κ3) is 5.14. The molecule has 45 heavy (non-hydrogen) atoms. The van der Waals surface area contributed by atoms with Crippen LogP contribution in [0.3, 0.4) is 0 Å². The van der Waals surface area contributed by atoms with Gasteiger partial charge < -0.3 is 14.6 Å². The minimum absolute atomic E-state index is 0.00402. The Morgan fingerprint density at radius 3 is 2.49 bits per heavy atom. The van der Waals surface area contributed by atoms with Crippen molar-refractivity contribution in [1.82, 2.24) is 15.5 Å². The number of hydrogen-bond acceptors (Lipinski definition) is 8. The lowest BCUT2D eigenvalue weighted by Gasteiger charge is -2.64. The molecular weight excluding hydrogens is 577 g/mol. The lowest BCUT2D eigenvalue weighted by molar-refractivity contribution is -0.199. The number of carbonyl (C=O) groups excluding carboxylic acids is 6. The van der Waals surface area contributed by atoms with Gasteiger partial charge in [-0.15, -0.1) is 0 Å². The minimum atomic E-state index is -1.14. The number of imide groups is 2. The summed E-state index contributed by atoms with van der Waals surface area (Å²) in [5.74, 6) is -3.33. The van der Waals surface area contributed by atoms with Crippen molar-refractivity contribution in [3.05, 3.63) is 34.9 Å². The molecule has 1 aromatic rings. The molecular formula is C33H42BN3O8. The number of nitrogens with zero attached hydrogens (tertiary/aromatic N) is 1. The molecule has 0 aromatic heterocycles. The van der Waals surface area contributed by atoms with Gasteiger partial charge in [-0.05, 0) is 61.8 Å². The molecule has 1 aromatic carbocycles. The van der Waals surface area contributed by atoms with Crippen LogP contribution in [0.25, 0.3) is 0 Å². The van der Waals surface area contributed by atoms with Gasteiger partial charge in [-0.2, -0.15) is 0 Å². The summed E-state index contributed by atoms with van der Waals surface area (Å²) < 4.78 is 13.1. The Bertz CT molecular complexity index is 1490. The molecule has 3 aliphatic heterocycles. The van der Waals surface area contributed by atoms with Gasteiger partial charge in [0.15, 0.2) is 5.78 Å². The highest BCUT2D eigenvalue weighted by Crippen LogP contribution is 2.65. The Hall–Kier alpha value is -3.38. The van der Waals surface area contributed by atoms with Crippen LogP contribution < -0.4 is 10.6 Å². The summed E-state index contributed by atoms with van der Waals surface area (Å²) in [6.45, 7) is 12.5. The average Bonchev–Trinajstić information content (AvgIpc) is 3.45. The van der Waals surface area contributed by atoms with E-state index in [4.69, 9.17) is 9.31 Å². The molecule has 11 nitrogen and oxygen atoms in total. The monoisotopic (exact) mass is 619 g/mol. The molecule has 2 bridgehead atoms. The number of rotatable bonds is 9. The maximum absolute atomic E-state index is 13.6. The van der Waals surface area contributed by atoms with E-state index in [-0.39, 0.29) is 59.3 Å². The maximum Gasteiger partial charge on any atom is 0.481 e. The van der Waals surface area contributed by atoms with E-state index in [1.54, 1.807) is 6.92 Å². The number of ketones is 1. The number of hydrogen-bond donors (Lipinski definition) is 2.